The molecule has 0 aliphatic carbocycles. The highest BCUT2D eigenvalue weighted by Crippen LogP contribution is 2.23. The maximum atomic E-state index is 13.0. The van der Waals surface area contributed by atoms with Crippen LogP contribution < -0.4 is 5.32 Å². The fourth-order valence-corrected chi connectivity index (χ4v) is 2.39. The molecule has 84 valence electrons. The summed E-state index contributed by atoms with van der Waals surface area (Å²) < 4.78 is 13.9. The number of anilines is 1. The van der Waals surface area contributed by atoms with Gasteiger partial charge in [-0.2, -0.15) is 0 Å². The van der Waals surface area contributed by atoms with E-state index in [4.69, 9.17) is 0 Å². The SMILES string of the molecule is Cc1csc(CNc2cc(F)ccc2Br)n1. The maximum Gasteiger partial charge on any atom is 0.125 e. The molecule has 1 heterocycles. The number of thiazole rings is 1. The van der Waals surface area contributed by atoms with Crippen molar-refractivity contribution in [3.63, 3.8) is 0 Å². The zero-order valence-electron chi connectivity index (χ0n) is 8.63. The van der Waals surface area contributed by atoms with Crippen LogP contribution in [0.25, 0.3) is 0 Å². The van der Waals surface area contributed by atoms with Crippen LogP contribution in [-0.2, 0) is 6.54 Å². The largest absolute Gasteiger partial charge is 0.378 e. The molecule has 1 N–H and O–H groups in total. The Morgan fingerprint density at radius 1 is 1.50 bits per heavy atom. The molecule has 0 radical (unpaired) electrons. The predicted molar refractivity (Wildman–Crippen MR) is 68.3 cm³/mol. The van der Waals surface area contributed by atoms with Crippen LogP contribution in [0.3, 0.4) is 0 Å². The Balaban J connectivity index is 2.07. The van der Waals surface area contributed by atoms with E-state index in [2.05, 4.69) is 26.2 Å². The summed E-state index contributed by atoms with van der Waals surface area (Å²) in [5.41, 5.74) is 1.76. The molecule has 0 saturated heterocycles. The van der Waals surface area contributed by atoms with Gasteiger partial charge in [0.15, 0.2) is 0 Å². The van der Waals surface area contributed by atoms with Crippen molar-refractivity contribution in [3.05, 3.63) is 44.6 Å². The average molecular weight is 301 g/mol. The monoisotopic (exact) mass is 300 g/mol. The van der Waals surface area contributed by atoms with Crippen molar-refractivity contribution in [1.29, 1.82) is 0 Å². The van der Waals surface area contributed by atoms with Crippen LogP contribution in [0.5, 0.6) is 0 Å². The molecule has 1 aromatic carbocycles. The number of aromatic nitrogens is 1. The standard InChI is InChI=1S/C11H10BrFN2S/c1-7-6-16-11(15-7)5-14-10-4-8(13)2-3-9(10)12/h2-4,6,14H,5H2,1H3. The second-order valence-electron chi connectivity index (χ2n) is 3.36. The van der Waals surface area contributed by atoms with E-state index in [0.29, 0.717) is 6.54 Å². The minimum atomic E-state index is -0.249. The molecule has 0 aliphatic rings. The molecule has 1 aromatic heterocycles. The number of rotatable bonds is 3. The third-order valence-corrected chi connectivity index (χ3v) is 3.68. The fourth-order valence-electron chi connectivity index (χ4n) is 1.29. The first-order valence-corrected chi connectivity index (χ1v) is 6.42. The van der Waals surface area contributed by atoms with E-state index in [9.17, 15) is 4.39 Å². The average Bonchev–Trinajstić information content (AvgIpc) is 2.66. The van der Waals surface area contributed by atoms with Crippen molar-refractivity contribution in [1.82, 2.24) is 4.98 Å². The molecule has 0 aliphatic heterocycles. The van der Waals surface area contributed by atoms with E-state index < -0.39 is 0 Å². The first kappa shape index (κ1) is 11.5. The van der Waals surface area contributed by atoms with E-state index >= 15 is 0 Å². The van der Waals surface area contributed by atoms with Gasteiger partial charge in [0.2, 0.25) is 0 Å². The lowest BCUT2D eigenvalue weighted by Crippen LogP contribution is -2.00. The van der Waals surface area contributed by atoms with Gasteiger partial charge in [0.25, 0.3) is 0 Å². The third kappa shape index (κ3) is 2.80. The molecule has 0 saturated carbocycles. The third-order valence-electron chi connectivity index (χ3n) is 2.03. The molecule has 0 spiro atoms. The molecule has 2 aromatic rings. The summed E-state index contributed by atoms with van der Waals surface area (Å²) in [7, 11) is 0. The van der Waals surface area contributed by atoms with E-state index in [0.717, 1.165) is 20.9 Å². The Morgan fingerprint density at radius 2 is 2.31 bits per heavy atom. The van der Waals surface area contributed by atoms with Gasteiger partial charge < -0.3 is 5.32 Å². The van der Waals surface area contributed by atoms with Crippen molar-refractivity contribution in [2.45, 2.75) is 13.5 Å². The van der Waals surface area contributed by atoms with Crippen molar-refractivity contribution in [3.8, 4) is 0 Å². The first-order valence-electron chi connectivity index (χ1n) is 4.75. The van der Waals surface area contributed by atoms with Gasteiger partial charge in [-0.25, -0.2) is 9.37 Å². The molecule has 16 heavy (non-hydrogen) atoms. The number of nitrogens with zero attached hydrogens (tertiary/aromatic N) is 1. The molecular formula is C11H10BrFN2S. The molecule has 0 fully saturated rings. The van der Waals surface area contributed by atoms with Crippen molar-refractivity contribution >= 4 is 33.0 Å². The summed E-state index contributed by atoms with van der Waals surface area (Å²) >= 11 is 4.96. The van der Waals surface area contributed by atoms with E-state index in [-0.39, 0.29) is 5.82 Å². The van der Waals surface area contributed by atoms with Gasteiger partial charge in [-0.3, -0.25) is 0 Å². The van der Waals surface area contributed by atoms with Gasteiger partial charge in [0, 0.05) is 15.5 Å². The minimum Gasteiger partial charge on any atom is -0.378 e. The Labute approximate surface area is 106 Å². The van der Waals surface area contributed by atoms with Crippen LogP contribution >= 0.6 is 27.3 Å². The molecule has 0 bridgehead atoms. The normalized spacial score (nSPS) is 10.4. The Kier molecular flexibility index (Phi) is 3.56. The summed E-state index contributed by atoms with van der Waals surface area (Å²) in [6.07, 6.45) is 0. The highest BCUT2D eigenvalue weighted by atomic mass is 79.9. The number of aryl methyl sites for hydroxylation is 1. The van der Waals surface area contributed by atoms with Gasteiger partial charge in [0.05, 0.1) is 12.2 Å². The summed E-state index contributed by atoms with van der Waals surface area (Å²) in [5, 5.41) is 6.14. The second-order valence-corrected chi connectivity index (χ2v) is 5.16. The van der Waals surface area contributed by atoms with Crippen LogP contribution in [0.2, 0.25) is 0 Å². The first-order chi connectivity index (χ1) is 7.65. The molecule has 0 unspecified atom stereocenters. The summed E-state index contributed by atoms with van der Waals surface area (Å²) in [6.45, 7) is 2.57. The highest BCUT2D eigenvalue weighted by Gasteiger charge is 2.03. The van der Waals surface area contributed by atoms with Gasteiger partial charge in [-0.15, -0.1) is 11.3 Å². The van der Waals surface area contributed by atoms with Gasteiger partial charge in [-0.05, 0) is 41.1 Å². The van der Waals surface area contributed by atoms with Gasteiger partial charge >= 0.3 is 0 Å². The summed E-state index contributed by atoms with van der Waals surface area (Å²) in [6, 6.07) is 4.57. The maximum absolute atomic E-state index is 13.0. The zero-order valence-corrected chi connectivity index (χ0v) is 11.0. The highest BCUT2D eigenvalue weighted by molar-refractivity contribution is 9.10. The Bertz CT molecular complexity index is 498. The lowest BCUT2D eigenvalue weighted by molar-refractivity contribution is 0.628. The molecule has 2 nitrogen and oxygen atoms in total. The summed E-state index contributed by atoms with van der Waals surface area (Å²) in [4.78, 5) is 4.32. The Morgan fingerprint density at radius 3 is 3.00 bits per heavy atom. The second kappa shape index (κ2) is 4.93. The molecule has 2 rings (SSSR count). The van der Waals surface area contributed by atoms with Crippen LogP contribution in [0.1, 0.15) is 10.7 Å². The zero-order chi connectivity index (χ0) is 11.5. The molecule has 0 amide bonds. The van der Waals surface area contributed by atoms with Crippen molar-refractivity contribution in [2.75, 3.05) is 5.32 Å². The lowest BCUT2D eigenvalue weighted by atomic mass is 10.3. The van der Waals surface area contributed by atoms with E-state index in [1.807, 2.05) is 12.3 Å². The van der Waals surface area contributed by atoms with Crippen molar-refractivity contribution < 1.29 is 4.39 Å². The van der Waals surface area contributed by atoms with E-state index in [1.165, 1.54) is 12.1 Å². The molecular weight excluding hydrogens is 291 g/mol. The topological polar surface area (TPSA) is 24.9 Å². The van der Waals surface area contributed by atoms with Gasteiger partial charge in [-0.1, -0.05) is 0 Å². The van der Waals surface area contributed by atoms with Crippen LogP contribution in [-0.4, -0.2) is 4.98 Å². The lowest BCUT2D eigenvalue weighted by Gasteiger charge is -2.06. The number of hydrogen-bond acceptors (Lipinski definition) is 3. The number of hydrogen-bond donors (Lipinski definition) is 1. The number of benzene rings is 1. The molecule has 0 atom stereocenters. The van der Waals surface area contributed by atoms with E-state index in [1.54, 1.807) is 17.4 Å². The smallest absolute Gasteiger partial charge is 0.125 e. The quantitative estimate of drug-likeness (QED) is 0.928. The van der Waals surface area contributed by atoms with Crippen molar-refractivity contribution in [2.24, 2.45) is 0 Å². The Hall–Kier alpha value is -0.940. The minimum absolute atomic E-state index is 0.249. The van der Waals surface area contributed by atoms with Crippen LogP contribution in [0.15, 0.2) is 28.1 Å². The predicted octanol–water partition coefficient (Wildman–Crippen LogP) is 3.97. The molecule has 5 heteroatoms. The fraction of sp³-hybridized carbons (Fsp3) is 0.182. The number of halogens is 2. The number of nitrogens with one attached hydrogen (secondary N) is 1. The van der Waals surface area contributed by atoms with Crippen LogP contribution in [0.4, 0.5) is 10.1 Å². The summed E-state index contributed by atoms with van der Waals surface area (Å²) in [5.74, 6) is -0.249. The van der Waals surface area contributed by atoms with Crippen LogP contribution in [0, 0.1) is 12.7 Å². The van der Waals surface area contributed by atoms with Gasteiger partial charge in [0.1, 0.15) is 10.8 Å².